The van der Waals surface area contributed by atoms with Crippen LogP contribution in [0.2, 0.25) is 0 Å². The highest BCUT2D eigenvalue weighted by molar-refractivity contribution is 8.06. The summed E-state index contributed by atoms with van der Waals surface area (Å²) in [7, 11) is -3.89. The van der Waals surface area contributed by atoms with Crippen molar-refractivity contribution in [1.29, 1.82) is 0 Å². The van der Waals surface area contributed by atoms with Gasteiger partial charge in [0.25, 0.3) is 0 Å². The summed E-state index contributed by atoms with van der Waals surface area (Å²) >= 11 is 3.51. The molecule has 0 amide bonds. The number of hydrogen-bond donors (Lipinski definition) is 3. The molecule has 1 saturated heterocycles. The number of thioether (sulfide) groups is 2. The fourth-order valence-corrected chi connectivity index (χ4v) is 5.90. The number of nitrogens with two attached hydrogens (primary N) is 1. The van der Waals surface area contributed by atoms with Gasteiger partial charge in [-0.2, -0.15) is 23.5 Å². The Balaban J connectivity index is 2.18. The number of aromatic carboxylic acids is 1. The number of hydrogen-bond acceptors (Lipinski definition) is 6. The fourth-order valence-electron chi connectivity index (χ4n) is 1.87. The Morgan fingerprint density at radius 3 is 2.81 bits per heavy atom. The number of nitrogens with one attached hydrogen (secondary N) is 1. The fraction of sp³-hybridized carbons (Fsp3) is 0.417. The largest absolute Gasteiger partial charge is 0.478 e. The minimum Gasteiger partial charge on any atom is -0.478 e. The van der Waals surface area contributed by atoms with E-state index >= 15 is 0 Å². The summed E-state index contributed by atoms with van der Waals surface area (Å²) in [6.07, 6.45) is 0. The minimum atomic E-state index is -3.89. The number of benzene rings is 1. The van der Waals surface area contributed by atoms with Crippen LogP contribution in [0.15, 0.2) is 23.1 Å². The molecular formula is C12H16N2O4S3. The Labute approximate surface area is 131 Å². The van der Waals surface area contributed by atoms with Gasteiger partial charge in [0, 0.05) is 34.7 Å². The third-order valence-corrected chi connectivity index (χ3v) is 7.22. The lowest BCUT2D eigenvalue weighted by Gasteiger charge is -2.21. The molecule has 0 aliphatic carbocycles. The minimum absolute atomic E-state index is 0.202. The zero-order valence-corrected chi connectivity index (χ0v) is 13.6. The summed E-state index contributed by atoms with van der Waals surface area (Å²) in [5, 5.41) is 9.30. The van der Waals surface area contributed by atoms with E-state index in [-0.39, 0.29) is 27.9 Å². The first-order valence-electron chi connectivity index (χ1n) is 6.22. The number of sulfonamides is 1. The summed E-state index contributed by atoms with van der Waals surface area (Å²) in [5.74, 6) is 1.66. The molecule has 1 fully saturated rings. The van der Waals surface area contributed by atoms with Crippen molar-refractivity contribution >= 4 is 45.2 Å². The Bertz CT molecular complexity index is 627. The molecule has 6 nitrogen and oxygen atoms in total. The van der Waals surface area contributed by atoms with Gasteiger partial charge in [0.2, 0.25) is 10.0 Å². The van der Waals surface area contributed by atoms with Gasteiger partial charge in [-0.15, -0.1) is 0 Å². The highest BCUT2D eigenvalue weighted by Crippen LogP contribution is 2.24. The van der Waals surface area contributed by atoms with Gasteiger partial charge in [-0.3, -0.25) is 0 Å². The molecule has 116 valence electrons. The molecule has 1 aliphatic heterocycles. The lowest BCUT2D eigenvalue weighted by molar-refractivity contribution is 0.0692. The molecule has 0 saturated carbocycles. The monoisotopic (exact) mass is 348 g/mol. The summed E-state index contributed by atoms with van der Waals surface area (Å²) in [6.45, 7) is 0.286. The van der Waals surface area contributed by atoms with Gasteiger partial charge in [-0.1, -0.05) is 0 Å². The molecule has 0 spiro atoms. The van der Waals surface area contributed by atoms with E-state index in [2.05, 4.69) is 4.72 Å². The maximum atomic E-state index is 12.3. The van der Waals surface area contributed by atoms with E-state index in [1.54, 1.807) is 23.5 Å². The van der Waals surface area contributed by atoms with Crippen LogP contribution in [-0.2, 0) is 10.0 Å². The molecule has 0 aromatic heterocycles. The molecule has 4 N–H and O–H groups in total. The van der Waals surface area contributed by atoms with Crippen LogP contribution in [0.25, 0.3) is 0 Å². The third-order valence-electron chi connectivity index (χ3n) is 2.91. The van der Waals surface area contributed by atoms with Crippen LogP contribution in [0, 0.1) is 0 Å². The molecule has 2 rings (SSSR count). The zero-order chi connectivity index (χ0) is 15.5. The second kappa shape index (κ2) is 6.91. The first kappa shape index (κ1) is 16.5. The molecule has 1 heterocycles. The zero-order valence-electron chi connectivity index (χ0n) is 11.1. The predicted molar refractivity (Wildman–Crippen MR) is 86.6 cm³/mol. The van der Waals surface area contributed by atoms with Crippen LogP contribution in [0.4, 0.5) is 5.69 Å². The summed E-state index contributed by atoms with van der Waals surface area (Å²) in [5.41, 5.74) is 5.51. The van der Waals surface area contributed by atoms with Crippen LogP contribution in [0.1, 0.15) is 10.4 Å². The van der Waals surface area contributed by atoms with Gasteiger partial charge >= 0.3 is 5.97 Å². The average Bonchev–Trinajstić information content (AvgIpc) is 2.46. The number of carboxylic acids is 1. The van der Waals surface area contributed by atoms with Crippen LogP contribution in [0.3, 0.4) is 0 Å². The summed E-state index contributed by atoms with van der Waals surface area (Å²) in [6, 6.07) is 3.75. The SMILES string of the molecule is Nc1ccc(C(=O)O)c(S(=O)(=O)NCC2CSCCS2)c1. The number of carbonyl (C=O) groups is 1. The first-order chi connectivity index (χ1) is 9.90. The molecule has 1 aromatic carbocycles. The Morgan fingerprint density at radius 1 is 1.43 bits per heavy atom. The number of carboxylic acid groups (broad SMARTS) is 1. The molecule has 9 heteroatoms. The van der Waals surface area contributed by atoms with E-state index in [9.17, 15) is 13.2 Å². The number of rotatable bonds is 5. The maximum absolute atomic E-state index is 12.3. The predicted octanol–water partition coefficient (Wildman–Crippen LogP) is 1.09. The Hall–Kier alpha value is -0.900. The van der Waals surface area contributed by atoms with E-state index in [0.29, 0.717) is 0 Å². The molecule has 1 aromatic rings. The van der Waals surface area contributed by atoms with Crippen molar-refractivity contribution in [2.75, 3.05) is 29.5 Å². The number of nitrogen functional groups attached to an aromatic ring is 1. The third kappa shape index (κ3) is 4.29. The quantitative estimate of drug-likeness (QED) is 0.683. The van der Waals surface area contributed by atoms with Crippen molar-refractivity contribution in [3.05, 3.63) is 23.8 Å². The van der Waals surface area contributed by atoms with E-state index < -0.39 is 16.0 Å². The standard InChI is InChI=1S/C12H16N2O4S3/c13-8-1-2-10(12(15)16)11(5-8)21(17,18)14-6-9-7-19-3-4-20-9/h1-2,5,9,14H,3-4,6-7,13H2,(H,15,16). The molecule has 1 unspecified atom stereocenters. The van der Waals surface area contributed by atoms with Gasteiger partial charge in [0.15, 0.2) is 0 Å². The highest BCUT2D eigenvalue weighted by Gasteiger charge is 2.24. The topological polar surface area (TPSA) is 109 Å². The van der Waals surface area contributed by atoms with Crippen molar-refractivity contribution < 1.29 is 18.3 Å². The van der Waals surface area contributed by atoms with Crippen LogP contribution in [0.5, 0.6) is 0 Å². The maximum Gasteiger partial charge on any atom is 0.337 e. The average molecular weight is 348 g/mol. The van der Waals surface area contributed by atoms with Crippen molar-refractivity contribution in [3.63, 3.8) is 0 Å². The molecular weight excluding hydrogens is 332 g/mol. The van der Waals surface area contributed by atoms with Gasteiger partial charge < -0.3 is 10.8 Å². The molecule has 1 atom stereocenters. The Kier molecular flexibility index (Phi) is 5.42. The number of anilines is 1. The molecule has 0 radical (unpaired) electrons. The smallest absolute Gasteiger partial charge is 0.337 e. The summed E-state index contributed by atoms with van der Waals surface area (Å²) < 4.78 is 27.1. The van der Waals surface area contributed by atoms with E-state index in [4.69, 9.17) is 10.8 Å². The van der Waals surface area contributed by atoms with Gasteiger partial charge in [-0.05, 0) is 18.2 Å². The lowest BCUT2D eigenvalue weighted by atomic mass is 10.2. The molecule has 1 aliphatic rings. The van der Waals surface area contributed by atoms with Crippen molar-refractivity contribution in [3.8, 4) is 0 Å². The van der Waals surface area contributed by atoms with Crippen molar-refractivity contribution in [2.24, 2.45) is 0 Å². The van der Waals surface area contributed by atoms with Gasteiger partial charge in [0.05, 0.1) is 10.5 Å². The second-order valence-corrected chi connectivity index (χ2v) is 8.77. The van der Waals surface area contributed by atoms with Gasteiger partial charge in [-0.25, -0.2) is 17.9 Å². The van der Waals surface area contributed by atoms with Crippen LogP contribution in [-0.4, -0.2) is 48.5 Å². The van der Waals surface area contributed by atoms with Crippen LogP contribution >= 0.6 is 23.5 Å². The van der Waals surface area contributed by atoms with Crippen molar-refractivity contribution in [1.82, 2.24) is 4.72 Å². The second-order valence-electron chi connectivity index (χ2n) is 4.48. The lowest BCUT2D eigenvalue weighted by Crippen LogP contribution is -2.34. The van der Waals surface area contributed by atoms with Crippen molar-refractivity contribution in [2.45, 2.75) is 10.1 Å². The molecule has 21 heavy (non-hydrogen) atoms. The Morgan fingerprint density at radius 2 is 2.19 bits per heavy atom. The van der Waals surface area contributed by atoms with Gasteiger partial charge in [0.1, 0.15) is 0 Å². The highest BCUT2D eigenvalue weighted by atomic mass is 32.2. The first-order valence-corrected chi connectivity index (χ1v) is 9.90. The van der Waals surface area contributed by atoms with E-state index in [1.165, 1.54) is 18.2 Å². The van der Waals surface area contributed by atoms with E-state index in [1.807, 2.05) is 0 Å². The normalized spacial score (nSPS) is 19.3. The molecule has 0 bridgehead atoms. The van der Waals surface area contributed by atoms with E-state index in [0.717, 1.165) is 17.3 Å². The van der Waals surface area contributed by atoms with Crippen LogP contribution < -0.4 is 10.5 Å². The summed E-state index contributed by atoms with van der Waals surface area (Å²) in [4.78, 5) is 10.9.